The van der Waals surface area contributed by atoms with Gasteiger partial charge in [0.25, 0.3) is 0 Å². The molecule has 0 radical (unpaired) electrons. The van der Waals surface area contributed by atoms with Crippen molar-refractivity contribution in [2.45, 2.75) is 40.0 Å². The first-order chi connectivity index (χ1) is 8.96. The maximum Gasteiger partial charge on any atom is 0.246 e. The molecule has 0 aromatic carbocycles. The Labute approximate surface area is 120 Å². The van der Waals surface area contributed by atoms with Crippen molar-refractivity contribution in [1.29, 1.82) is 0 Å². The normalized spacial score (nSPS) is 13.4. The van der Waals surface area contributed by atoms with Crippen LogP contribution >= 0.6 is 11.6 Å². The van der Waals surface area contributed by atoms with Crippen LogP contribution in [0.15, 0.2) is 34.4 Å². The Morgan fingerprint density at radius 2 is 1.84 bits per heavy atom. The molecule has 0 unspecified atom stereocenters. The monoisotopic (exact) mass is 283 g/mol. The van der Waals surface area contributed by atoms with Gasteiger partial charge >= 0.3 is 0 Å². The second-order valence-electron chi connectivity index (χ2n) is 4.18. The number of hydrogen-bond donors (Lipinski definition) is 1. The second kappa shape index (κ2) is 9.56. The molecule has 1 amide bonds. The number of allylic oxidation sites excluding steroid dienone is 5. The van der Waals surface area contributed by atoms with Crippen molar-refractivity contribution >= 4 is 23.3 Å². The molecule has 0 heterocycles. The number of likely N-dealkylation sites (N-methyl/N-ethyl adjacent to an activating group) is 1. The summed E-state index contributed by atoms with van der Waals surface area (Å²) in [6.45, 7) is 5.58. The highest BCUT2D eigenvalue weighted by Crippen LogP contribution is 2.14. The van der Waals surface area contributed by atoms with Crippen LogP contribution in [0.5, 0.6) is 0 Å². The summed E-state index contributed by atoms with van der Waals surface area (Å²) < 4.78 is 0. The third-order valence-electron chi connectivity index (χ3n) is 2.45. The van der Waals surface area contributed by atoms with Gasteiger partial charge in [-0.15, -0.1) is 0 Å². The zero-order valence-electron chi connectivity index (χ0n) is 12.0. The van der Waals surface area contributed by atoms with Gasteiger partial charge in [-0.2, -0.15) is 0 Å². The van der Waals surface area contributed by atoms with Gasteiger partial charge in [0.2, 0.25) is 5.91 Å². The van der Waals surface area contributed by atoms with E-state index < -0.39 is 0 Å². The number of rotatable bonds is 7. The SMILES string of the molecule is CC/C=C(Cl)/C=C(\C=C(/C)C(=O)NC)C(=O)CCC. The molecule has 3 nitrogen and oxygen atoms in total. The molecule has 0 aromatic heterocycles. The first-order valence-corrected chi connectivity index (χ1v) is 6.84. The minimum atomic E-state index is -0.203. The summed E-state index contributed by atoms with van der Waals surface area (Å²) in [5.41, 5.74) is 0.955. The maximum absolute atomic E-state index is 12.0. The summed E-state index contributed by atoms with van der Waals surface area (Å²) in [6.07, 6.45) is 7.03. The molecule has 0 fully saturated rings. The molecular weight excluding hydrogens is 262 g/mol. The smallest absolute Gasteiger partial charge is 0.246 e. The fourth-order valence-corrected chi connectivity index (χ4v) is 1.74. The average molecular weight is 284 g/mol. The molecule has 0 rings (SSSR count). The number of carbonyl (C=O) groups is 2. The third-order valence-corrected chi connectivity index (χ3v) is 2.71. The summed E-state index contributed by atoms with van der Waals surface area (Å²) in [5, 5.41) is 3.04. The number of amides is 1. The van der Waals surface area contributed by atoms with Gasteiger partial charge in [-0.25, -0.2) is 0 Å². The molecule has 0 aliphatic carbocycles. The van der Waals surface area contributed by atoms with Crippen molar-refractivity contribution in [2.24, 2.45) is 0 Å². The fraction of sp³-hybridized carbons (Fsp3) is 0.467. The first-order valence-electron chi connectivity index (χ1n) is 6.47. The van der Waals surface area contributed by atoms with E-state index in [0.29, 0.717) is 22.6 Å². The van der Waals surface area contributed by atoms with E-state index in [2.05, 4.69) is 5.32 Å². The van der Waals surface area contributed by atoms with Gasteiger partial charge in [-0.1, -0.05) is 31.5 Å². The van der Waals surface area contributed by atoms with Crippen LogP contribution in [-0.4, -0.2) is 18.7 Å². The number of hydrogen-bond acceptors (Lipinski definition) is 2. The highest BCUT2D eigenvalue weighted by Gasteiger charge is 2.09. The van der Waals surface area contributed by atoms with Gasteiger partial charge in [-0.3, -0.25) is 9.59 Å². The Morgan fingerprint density at radius 3 is 2.32 bits per heavy atom. The molecule has 106 valence electrons. The molecule has 0 saturated heterocycles. The number of carbonyl (C=O) groups excluding carboxylic acids is 2. The van der Waals surface area contributed by atoms with Crippen LogP contribution in [0.2, 0.25) is 0 Å². The Hall–Kier alpha value is -1.35. The van der Waals surface area contributed by atoms with Crippen LogP contribution in [0.4, 0.5) is 0 Å². The van der Waals surface area contributed by atoms with Crippen LogP contribution in [0.3, 0.4) is 0 Å². The van der Waals surface area contributed by atoms with Gasteiger partial charge in [0, 0.05) is 29.6 Å². The molecule has 0 aromatic rings. The molecule has 0 saturated carbocycles. The van der Waals surface area contributed by atoms with Gasteiger partial charge in [0.15, 0.2) is 5.78 Å². The average Bonchev–Trinajstić information content (AvgIpc) is 2.37. The Kier molecular flexibility index (Phi) is 8.88. The van der Waals surface area contributed by atoms with Crippen molar-refractivity contribution in [3.8, 4) is 0 Å². The van der Waals surface area contributed by atoms with E-state index in [4.69, 9.17) is 11.6 Å². The number of ketones is 1. The van der Waals surface area contributed by atoms with E-state index in [1.165, 1.54) is 0 Å². The van der Waals surface area contributed by atoms with Crippen LogP contribution in [0, 0.1) is 0 Å². The molecule has 19 heavy (non-hydrogen) atoms. The zero-order chi connectivity index (χ0) is 14.8. The van der Waals surface area contributed by atoms with E-state index in [1.54, 1.807) is 26.1 Å². The lowest BCUT2D eigenvalue weighted by molar-refractivity contribution is -0.117. The maximum atomic E-state index is 12.0. The van der Waals surface area contributed by atoms with Gasteiger partial charge in [0.05, 0.1) is 0 Å². The predicted molar refractivity (Wildman–Crippen MR) is 80.0 cm³/mol. The van der Waals surface area contributed by atoms with Crippen molar-refractivity contribution < 1.29 is 9.59 Å². The van der Waals surface area contributed by atoms with E-state index in [1.807, 2.05) is 19.9 Å². The van der Waals surface area contributed by atoms with Crippen LogP contribution < -0.4 is 5.32 Å². The summed E-state index contributed by atoms with van der Waals surface area (Å²) in [7, 11) is 1.56. The third kappa shape index (κ3) is 6.97. The van der Waals surface area contributed by atoms with Crippen molar-refractivity contribution in [3.05, 3.63) is 34.4 Å². The van der Waals surface area contributed by atoms with E-state index >= 15 is 0 Å². The van der Waals surface area contributed by atoms with Crippen molar-refractivity contribution in [1.82, 2.24) is 5.32 Å². The van der Waals surface area contributed by atoms with Crippen molar-refractivity contribution in [3.63, 3.8) is 0 Å². The largest absolute Gasteiger partial charge is 0.355 e. The Morgan fingerprint density at radius 1 is 1.21 bits per heavy atom. The fourth-order valence-electron chi connectivity index (χ4n) is 1.47. The lowest BCUT2D eigenvalue weighted by atomic mass is 10.0. The zero-order valence-corrected chi connectivity index (χ0v) is 12.8. The molecule has 0 bridgehead atoms. The summed E-state index contributed by atoms with van der Waals surface area (Å²) in [5.74, 6) is -0.209. The van der Waals surface area contributed by atoms with E-state index in [9.17, 15) is 9.59 Å². The second-order valence-corrected chi connectivity index (χ2v) is 4.61. The Balaban J connectivity index is 5.36. The topological polar surface area (TPSA) is 46.2 Å². The first kappa shape index (κ1) is 17.6. The predicted octanol–water partition coefficient (Wildman–Crippen LogP) is 3.51. The molecular formula is C15H22ClNO2. The molecule has 0 spiro atoms. The lowest BCUT2D eigenvalue weighted by Crippen LogP contribution is -2.19. The standard InChI is InChI=1S/C15H22ClNO2/c1-5-7-13(16)10-12(14(18)8-6-2)9-11(3)15(19)17-4/h7,9-10H,5-6,8H2,1-4H3,(H,17,19)/b11-9+,12-10+,13-7-. The number of Topliss-reactive ketones (excluding diaryl/α,β-unsaturated/α-hetero) is 1. The lowest BCUT2D eigenvalue weighted by Gasteiger charge is -2.04. The molecule has 0 atom stereocenters. The van der Waals surface area contributed by atoms with E-state index in [0.717, 1.165) is 12.8 Å². The van der Waals surface area contributed by atoms with E-state index in [-0.39, 0.29) is 11.7 Å². The Bertz CT molecular complexity index is 420. The highest BCUT2D eigenvalue weighted by atomic mass is 35.5. The minimum absolute atomic E-state index is 0.00611. The molecule has 0 aliphatic rings. The summed E-state index contributed by atoms with van der Waals surface area (Å²) in [4.78, 5) is 23.5. The van der Waals surface area contributed by atoms with Crippen LogP contribution in [0.1, 0.15) is 40.0 Å². The summed E-state index contributed by atoms with van der Waals surface area (Å²) in [6, 6.07) is 0. The highest BCUT2D eigenvalue weighted by molar-refractivity contribution is 6.31. The van der Waals surface area contributed by atoms with Gasteiger partial charge < -0.3 is 5.32 Å². The molecule has 4 heteroatoms. The quantitative estimate of drug-likeness (QED) is 0.574. The minimum Gasteiger partial charge on any atom is -0.355 e. The van der Waals surface area contributed by atoms with Crippen LogP contribution in [-0.2, 0) is 9.59 Å². The van der Waals surface area contributed by atoms with Crippen LogP contribution in [0.25, 0.3) is 0 Å². The number of halogens is 1. The molecule has 0 aliphatic heterocycles. The van der Waals surface area contributed by atoms with Crippen molar-refractivity contribution in [2.75, 3.05) is 7.05 Å². The molecule has 1 N–H and O–H groups in total. The number of nitrogens with one attached hydrogen (secondary N) is 1. The van der Waals surface area contributed by atoms with Gasteiger partial charge in [-0.05, 0) is 31.9 Å². The van der Waals surface area contributed by atoms with Gasteiger partial charge in [0.1, 0.15) is 0 Å². The summed E-state index contributed by atoms with van der Waals surface area (Å²) >= 11 is 6.02.